The molecule has 0 unspecified atom stereocenters. The molecule has 0 atom stereocenters. The molecular weight excluding hydrogens is 308 g/mol. The molecule has 0 bridgehead atoms. The topological polar surface area (TPSA) is 68.7 Å². The van der Waals surface area contributed by atoms with Gasteiger partial charge >= 0.3 is 5.97 Å². The Kier molecular flexibility index (Phi) is 6.31. The van der Waals surface area contributed by atoms with E-state index < -0.39 is 0 Å². The summed E-state index contributed by atoms with van der Waals surface area (Å²) in [7, 11) is 2.93. The van der Waals surface area contributed by atoms with Gasteiger partial charge in [-0.25, -0.2) is 0 Å². The van der Waals surface area contributed by atoms with Gasteiger partial charge in [0.1, 0.15) is 5.75 Å². The highest BCUT2D eigenvalue weighted by Crippen LogP contribution is 2.15. The van der Waals surface area contributed by atoms with Crippen LogP contribution < -0.4 is 4.74 Å². The van der Waals surface area contributed by atoms with E-state index in [-0.39, 0.29) is 24.8 Å². The van der Waals surface area contributed by atoms with Crippen molar-refractivity contribution in [1.82, 2.24) is 9.88 Å². The van der Waals surface area contributed by atoms with Crippen LogP contribution in [-0.2, 0) is 16.1 Å². The van der Waals surface area contributed by atoms with Gasteiger partial charge in [0.15, 0.2) is 0 Å². The van der Waals surface area contributed by atoms with Crippen LogP contribution in [0.1, 0.15) is 22.3 Å². The Bertz CT molecular complexity index is 671. The van der Waals surface area contributed by atoms with Crippen LogP contribution >= 0.6 is 0 Å². The lowest BCUT2D eigenvalue weighted by molar-refractivity contribution is -0.140. The highest BCUT2D eigenvalue weighted by molar-refractivity contribution is 5.94. The lowest BCUT2D eigenvalue weighted by Gasteiger charge is -2.22. The Morgan fingerprint density at radius 3 is 2.46 bits per heavy atom. The van der Waals surface area contributed by atoms with Crippen molar-refractivity contribution in [3.05, 3.63) is 59.9 Å². The van der Waals surface area contributed by atoms with Gasteiger partial charge in [-0.15, -0.1) is 0 Å². The zero-order valence-electron chi connectivity index (χ0n) is 13.8. The highest BCUT2D eigenvalue weighted by atomic mass is 16.5. The number of benzene rings is 1. The highest BCUT2D eigenvalue weighted by Gasteiger charge is 2.17. The third kappa shape index (κ3) is 4.81. The van der Waals surface area contributed by atoms with Crippen molar-refractivity contribution in [2.45, 2.75) is 13.0 Å². The number of hydrogen-bond acceptors (Lipinski definition) is 5. The number of ether oxygens (including phenoxy) is 2. The van der Waals surface area contributed by atoms with Crippen LogP contribution in [0.2, 0.25) is 0 Å². The fourth-order valence-corrected chi connectivity index (χ4v) is 2.20. The third-order valence-electron chi connectivity index (χ3n) is 3.54. The van der Waals surface area contributed by atoms with Gasteiger partial charge in [-0.3, -0.25) is 14.6 Å². The first-order valence-corrected chi connectivity index (χ1v) is 7.53. The van der Waals surface area contributed by atoms with E-state index in [4.69, 9.17) is 4.74 Å². The molecule has 0 aliphatic carbocycles. The largest absolute Gasteiger partial charge is 0.497 e. The van der Waals surface area contributed by atoms with E-state index in [0.29, 0.717) is 12.1 Å². The number of methoxy groups -OCH3 is 2. The van der Waals surface area contributed by atoms with E-state index in [0.717, 1.165) is 11.3 Å². The Balaban J connectivity index is 2.14. The Labute approximate surface area is 141 Å². The molecule has 1 aromatic carbocycles. The molecule has 0 saturated carbocycles. The van der Waals surface area contributed by atoms with Gasteiger partial charge < -0.3 is 14.4 Å². The summed E-state index contributed by atoms with van der Waals surface area (Å²) < 4.78 is 9.80. The van der Waals surface area contributed by atoms with Crippen molar-refractivity contribution in [1.29, 1.82) is 0 Å². The van der Waals surface area contributed by atoms with Gasteiger partial charge in [0, 0.05) is 25.5 Å². The van der Waals surface area contributed by atoms with E-state index in [9.17, 15) is 9.59 Å². The molecule has 0 fully saturated rings. The second kappa shape index (κ2) is 8.67. The summed E-state index contributed by atoms with van der Waals surface area (Å²) in [5, 5.41) is 0. The molecule has 6 nitrogen and oxygen atoms in total. The van der Waals surface area contributed by atoms with Crippen LogP contribution in [-0.4, -0.2) is 42.5 Å². The maximum Gasteiger partial charge on any atom is 0.307 e. The number of nitrogens with zero attached hydrogens (tertiary/aromatic N) is 2. The average Bonchev–Trinajstić information content (AvgIpc) is 2.65. The van der Waals surface area contributed by atoms with Crippen molar-refractivity contribution < 1.29 is 19.1 Å². The molecule has 1 aromatic heterocycles. The van der Waals surface area contributed by atoms with E-state index in [1.807, 2.05) is 24.3 Å². The third-order valence-corrected chi connectivity index (χ3v) is 3.54. The molecule has 2 aromatic rings. The van der Waals surface area contributed by atoms with Gasteiger partial charge in [-0.2, -0.15) is 0 Å². The second-order valence-corrected chi connectivity index (χ2v) is 5.14. The molecule has 0 saturated heterocycles. The van der Waals surface area contributed by atoms with Crippen LogP contribution in [0.3, 0.4) is 0 Å². The molecule has 0 aliphatic rings. The SMILES string of the molecule is COC(=O)CCN(Cc1ccc(OC)cc1)C(=O)c1cccnc1. The molecule has 6 heteroatoms. The lowest BCUT2D eigenvalue weighted by Crippen LogP contribution is -2.32. The van der Waals surface area contributed by atoms with E-state index in [2.05, 4.69) is 9.72 Å². The molecule has 0 N–H and O–H groups in total. The molecular formula is C18H20N2O4. The van der Waals surface area contributed by atoms with Crippen LogP contribution in [0.15, 0.2) is 48.8 Å². The van der Waals surface area contributed by atoms with Gasteiger partial charge in [0.05, 0.1) is 26.2 Å². The summed E-state index contributed by atoms with van der Waals surface area (Å²) >= 11 is 0. The van der Waals surface area contributed by atoms with Crippen molar-refractivity contribution in [2.75, 3.05) is 20.8 Å². The minimum Gasteiger partial charge on any atom is -0.497 e. The van der Waals surface area contributed by atoms with Gasteiger partial charge in [-0.05, 0) is 29.8 Å². The van der Waals surface area contributed by atoms with Gasteiger partial charge in [0.2, 0.25) is 0 Å². The first-order valence-electron chi connectivity index (χ1n) is 7.53. The Hall–Kier alpha value is -2.89. The molecule has 0 aliphatic heterocycles. The standard InChI is InChI=1S/C18H20N2O4/c1-23-16-7-5-14(6-8-16)13-20(11-9-17(21)24-2)18(22)15-4-3-10-19-12-15/h3-8,10,12H,9,11,13H2,1-2H3. The Morgan fingerprint density at radius 1 is 1.12 bits per heavy atom. The summed E-state index contributed by atoms with van der Waals surface area (Å²) in [4.78, 5) is 29.7. The zero-order valence-corrected chi connectivity index (χ0v) is 13.8. The first kappa shape index (κ1) is 17.5. The lowest BCUT2D eigenvalue weighted by atomic mass is 10.1. The number of pyridine rings is 1. The number of esters is 1. The van der Waals surface area contributed by atoms with E-state index in [1.54, 1.807) is 30.3 Å². The number of carbonyl (C=O) groups is 2. The van der Waals surface area contributed by atoms with Crippen molar-refractivity contribution >= 4 is 11.9 Å². The van der Waals surface area contributed by atoms with Crippen LogP contribution in [0.25, 0.3) is 0 Å². The van der Waals surface area contributed by atoms with E-state index in [1.165, 1.54) is 13.3 Å². The zero-order chi connectivity index (χ0) is 17.4. The smallest absolute Gasteiger partial charge is 0.307 e. The van der Waals surface area contributed by atoms with Gasteiger partial charge in [0.25, 0.3) is 5.91 Å². The number of carbonyl (C=O) groups excluding carboxylic acids is 2. The average molecular weight is 328 g/mol. The predicted molar refractivity (Wildman–Crippen MR) is 88.6 cm³/mol. The molecule has 1 heterocycles. The number of amides is 1. The second-order valence-electron chi connectivity index (χ2n) is 5.14. The number of rotatable bonds is 7. The predicted octanol–water partition coefficient (Wildman–Crippen LogP) is 2.30. The first-order chi connectivity index (χ1) is 11.6. The molecule has 2 rings (SSSR count). The molecule has 24 heavy (non-hydrogen) atoms. The number of hydrogen-bond donors (Lipinski definition) is 0. The molecule has 126 valence electrons. The summed E-state index contributed by atoms with van der Waals surface area (Å²) in [6.07, 6.45) is 3.26. The summed E-state index contributed by atoms with van der Waals surface area (Å²) in [6.45, 7) is 0.654. The summed E-state index contributed by atoms with van der Waals surface area (Å²) in [5.41, 5.74) is 1.42. The van der Waals surface area contributed by atoms with Crippen LogP contribution in [0.4, 0.5) is 0 Å². The maximum atomic E-state index is 12.7. The molecule has 1 amide bonds. The van der Waals surface area contributed by atoms with Gasteiger partial charge in [-0.1, -0.05) is 12.1 Å². The Morgan fingerprint density at radius 2 is 1.88 bits per heavy atom. The fraction of sp³-hybridized carbons (Fsp3) is 0.278. The fourth-order valence-electron chi connectivity index (χ4n) is 2.20. The van der Waals surface area contributed by atoms with Crippen molar-refractivity contribution in [3.63, 3.8) is 0 Å². The molecule has 0 spiro atoms. The van der Waals surface area contributed by atoms with Crippen LogP contribution in [0, 0.1) is 0 Å². The monoisotopic (exact) mass is 328 g/mol. The van der Waals surface area contributed by atoms with E-state index >= 15 is 0 Å². The van der Waals surface area contributed by atoms with Crippen molar-refractivity contribution in [3.8, 4) is 5.75 Å². The van der Waals surface area contributed by atoms with Crippen LogP contribution in [0.5, 0.6) is 5.75 Å². The number of aromatic nitrogens is 1. The maximum absolute atomic E-state index is 12.7. The van der Waals surface area contributed by atoms with Crippen molar-refractivity contribution in [2.24, 2.45) is 0 Å². The minimum absolute atomic E-state index is 0.138. The summed E-state index contributed by atoms with van der Waals surface area (Å²) in [5.74, 6) is 0.218. The summed E-state index contributed by atoms with van der Waals surface area (Å²) in [6, 6.07) is 10.9. The molecule has 0 radical (unpaired) electrons. The normalized spacial score (nSPS) is 10.1. The minimum atomic E-state index is -0.353. The quantitative estimate of drug-likeness (QED) is 0.730.